The Balaban J connectivity index is 2.21. The number of aliphatic hydroxyl groups excluding tert-OH is 1. The van der Waals surface area contributed by atoms with Crippen molar-refractivity contribution in [2.24, 2.45) is 5.92 Å². The summed E-state index contributed by atoms with van der Waals surface area (Å²) in [6, 6.07) is 2.02. The maximum Gasteiger partial charge on any atom is 0.226 e. The van der Waals surface area contributed by atoms with Crippen LogP contribution in [0.2, 0.25) is 0 Å². The normalized spacial score (nSPS) is 12.6. The third-order valence-corrected chi connectivity index (χ3v) is 3.59. The molecule has 2 heterocycles. The molecule has 2 aromatic rings. The number of fused-ring (bicyclic) bond motifs is 1. The molecule has 19 heavy (non-hydrogen) atoms. The average Bonchev–Trinajstić information content (AvgIpc) is 2.90. The molecule has 2 rings (SSSR count). The zero-order chi connectivity index (χ0) is 13.7. The zero-order valence-corrected chi connectivity index (χ0v) is 12.1. The third kappa shape index (κ3) is 3.54. The second-order valence-corrected chi connectivity index (χ2v) is 5.53. The fourth-order valence-electron chi connectivity index (χ4n) is 1.64. The van der Waals surface area contributed by atoms with Crippen molar-refractivity contribution in [3.8, 4) is 0 Å². The highest BCUT2D eigenvalue weighted by Gasteiger charge is 2.09. The van der Waals surface area contributed by atoms with Gasteiger partial charge in [-0.25, -0.2) is 4.98 Å². The molecule has 5 nitrogen and oxygen atoms in total. The number of aliphatic hydroxyl groups is 1. The molecule has 104 valence electrons. The van der Waals surface area contributed by atoms with Crippen molar-refractivity contribution in [2.75, 3.05) is 30.3 Å². The number of anilines is 2. The number of aromatic nitrogens is 2. The second-order valence-electron chi connectivity index (χ2n) is 4.63. The molecule has 0 aliphatic carbocycles. The van der Waals surface area contributed by atoms with E-state index in [4.69, 9.17) is 5.11 Å². The maximum atomic E-state index is 9.07. The summed E-state index contributed by atoms with van der Waals surface area (Å²) in [6.07, 6.45) is 1.04. The van der Waals surface area contributed by atoms with Crippen molar-refractivity contribution in [1.82, 2.24) is 9.97 Å². The number of rotatable bonds is 7. The van der Waals surface area contributed by atoms with Crippen LogP contribution in [0.1, 0.15) is 20.3 Å². The standard InChI is InChI=1S/C13H20N4OS/c1-3-5-14-13-16-11(15-7-9(2)8-18)10-4-6-19-12(10)17-13/h4,6,9,18H,3,5,7-8H2,1-2H3,(H2,14,15,16,17). The highest BCUT2D eigenvalue weighted by atomic mass is 32.1. The SMILES string of the molecule is CCCNc1nc(NCC(C)CO)c2ccsc2n1. The van der Waals surface area contributed by atoms with Gasteiger partial charge >= 0.3 is 0 Å². The quantitative estimate of drug-likeness (QED) is 0.727. The first-order valence-electron chi connectivity index (χ1n) is 6.58. The van der Waals surface area contributed by atoms with Gasteiger partial charge in [-0.05, 0) is 23.8 Å². The van der Waals surface area contributed by atoms with Gasteiger partial charge in [-0.15, -0.1) is 11.3 Å². The van der Waals surface area contributed by atoms with E-state index in [0.29, 0.717) is 12.5 Å². The summed E-state index contributed by atoms with van der Waals surface area (Å²) >= 11 is 1.61. The van der Waals surface area contributed by atoms with E-state index in [-0.39, 0.29) is 12.5 Å². The minimum Gasteiger partial charge on any atom is -0.396 e. The zero-order valence-electron chi connectivity index (χ0n) is 11.3. The first kappa shape index (κ1) is 14.0. The van der Waals surface area contributed by atoms with E-state index in [1.165, 1.54) is 0 Å². The summed E-state index contributed by atoms with van der Waals surface area (Å²) in [5, 5.41) is 18.6. The number of hydrogen-bond acceptors (Lipinski definition) is 6. The summed E-state index contributed by atoms with van der Waals surface area (Å²) in [4.78, 5) is 9.98. The summed E-state index contributed by atoms with van der Waals surface area (Å²) in [5.74, 6) is 1.71. The second kappa shape index (κ2) is 6.68. The van der Waals surface area contributed by atoms with Crippen LogP contribution in [0.25, 0.3) is 10.2 Å². The molecule has 0 bridgehead atoms. The van der Waals surface area contributed by atoms with Crippen LogP contribution in [0, 0.1) is 5.92 Å². The van der Waals surface area contributed by atoms with E-state index in [2.05, 4.69) is 27.5 Å². The van der Waals surface area contributed by atoms with Crippen LogP contribution in [0.4, 0.5) is 11.8 Å². The minimum absolute atomic E-state index is 0.172. The van der Waals surface area contributed by atoms with Gasteiger partial charge in [0.05, 0.1) is 5.39 Å². The Kier molecular flexibility index (Phi) is 4.93. The molecule has 0 amide bonds. The lowest BCUT2D eigenvalue weighted by Crippen LogP contribution is -2.16. The first-order chi connectivity index (χ1) is 9.24. The van der Waals surface area contributed by atoms with Crippen molar-refractivity contribution in [2.45, 2.75) is 20.3 Å². The Morgan fingerprint density at radius 2 is 2.21 bits per heavy atom. The molecule has 6 heteroatoms. The van der Waals surface area contributed by atoms with Crippen molar-refractivity contribution in [1.29, 1.82) is 0 Å². The minimum atomic E-state index is 0.172. The molecular weight excluding hydrogens is 260 g/mol. The summed E-state index contributed by atoms with van der Waals surface area (Å²) in [7, 11) is 0. The Hall–Kier alpha value is -1.40. The molecule has 1 unspecified atom stereocenters. The molecule has 0 saturated heterocycles. The van der Waals surface area contributed by atoms with Gasteiger partial charge in [0, 0.05) is 19.7 Å². The number of hydrogen-bond donors (Lipinski definition) is 3. The summed E-state index contributed by atoms with van der Waals surface area (Å²) < 4.78 is 0. The van der Waals surface area contributed by atoms with Gasteiger partial charge in [0.15, 0.2) is 0 Å². The van der Waals surface area contributed by atoms with E-state index in [1.807, 2.05) is 18.4 Å². The number of thiophene rings is 1. The van der Waals surface area contributed by atoms with Gasteiger partial charge < -0.3 is 15.7 Å². The van der Waals surface area contributed by atoms with Crippen LogP contribution < -0.4 is 10.6 Å². The van der Waals surface area contributed by atoms with E-state index < -0.39 is 0 Å². The fourth-order valence-corrected chi connectivity index (χ4v) is 2.41. The topological polar surface area (TPSA) is 70.1 Å². The smallest absolute Gasteiger partial charge is 0.226 e. The van der Waals surface area contributed by atoms with E-state index in [1.54, 1.807) is 11.3 Å². The maximum absolute atomic E-state index is 9.07. The largest absolute Gasteiger partial charge is 0.396 e. The van der Waals surface area contributed by atoms with Crippen molar-refractivity contribution < 1.29 is 5.11 Å². The Morgan fingerprint density at radius 3 is 2.95 bits per heavy atom. The lowest BCUT2D eigenvalue weighted by Gasteiger charge is -2.12. The molecule has 0 aliphatic rings. The summed E-state index contributed by atoms with van der Waals surface area (Å²) in [5.41, 5.74) is 0. The van der Waals surface area contributed by atoms with Gasteiger partial charge in [-0.3, -0.25) is 0 Å². The molecule has 0 aliphatic heterocycles. The fraction of sp³-hybridized carbons (Fsp3) is 0.538. The molecular formula is C13H20N4OS. The first-order valence-corrected chi connectivity index (χ1v) is 7.46. The number of nitrogens with zero attached hydrogens (tertiary/aromatic N) is 2. The molecule has 1 atom stereocenters. The van der Waals surface area contributed by atoms with E-state index in [0.717, 1.165) is 29.0 Å². The van der Waals surface area contributed by atoms with Gasteiger partial charge in [0.25, 0.3) is 0 Å². The van der Waals surface area contributed by atoms with Gasteiger partial charge in [0.1, 0.15) is 10.6 Å². The molecule has 0 radical (unpaired) electrons. The van der Waals surface area contributed by atoms with Crippen molar-refractivity contribution in [3.05, 3.63) is 11.4 Å². The predicted molar refractivity (Wildman–Crippen MR) is 80.9 cm³/mol. The predicted octanol–water partition coefficient (Wildman–Crippen LogP) is 2.55. The monoisotopic (exact) mass is 280 g/mol. The van der Waals surface area contributed by atoms with Crippen LogP contribution in [0.3, 0.4) is 0 Å². The van der Waals surface area contributed by atoms with Crippen LogP contribution in [0.15, 0.2) is 11.4 Å². The van der Waals surface area contributed by atoms with Crippen LogP contribution in [-0.2, 0) is 0 Å². The van der Waals surface area contributed by atoms with E-state index >= 15 is 0 Å². The molecule has 0 saturated carbocycles. The van der Waals surface area contributed by atoms with Crippen molar-refractivity contribution in [3.63, 3.8) is 0 Å². The van der Waals surface area contributed by atoms with Crippen LogP contribution in [0.5, 0.6) is 0 Å². The third-order valence-electron chi connectivity index (χ3n) is 2.79. The van der Waals surface area contributed by atoms with Crippen molar-refractivity contribution >= 4 is 33.3 Å². The number of nitrogens with one attached hydrogen (secondary N) is 2. The van der Waals surface area contributed by atoms with Crippen LogP contribution in [-0.4, -0.2) is 34.8 Å². The Morgan fingerprint density at radius 1 is 1.37 bits per heavy atom. The van der Waals surface area contributed by atoms with Crippen LogP contribution >= 0.6 is 11.3 Å². The van der Waals surface area contributed by atoms with Gasteiger partial charge in [-0.1, -0.05) is 13.8 Å². The Labute approximate surface area is 117 Å². The Bertz CT molecular complexity index is 528. The van der Waals surface area contributed by atoms with Gasteiger partial charge in [-0.2, -0.15) is 4.98 Å². The average molecular weight is 280 g/mol. The molecule has 0 aromatic carbocycles. The molecule has 0 spiro atoms. The summed E-state index contributed by atoms with van der Waals surface area (Å²) in [6.45, 7) is 5.84. The highest BCUT2D eigenvalue weighted by Crippen LogP contribution is 2.26. The highest BCUT2D eigenvalue weighted by molar-refractivity contribution is 7.16. The van der Waals surface area contributed by atoms with E-state index in [9.17, 15) is 0 Å². The molecule has 2 aromatic heterocycles. The molecule has 0 fully saturated rings. The lowest BCUT2D eigenvalue weighted by molar-refractivity contribution is 0.244. The molecule has 3 N–H and O–H groups in total. The lowest BCUT2D eigenvalue weighted by atomic mass is 10.2. The van der Waals surface area contributed by atoms with Gasteiger partial charge in [0.2, 0.25) is 5.95 Å².